The molecule has 0 aromatic carbocycles. The fourth-order valence-corrected chi connectivity index (χ4v) is 2.17. The molecule has 0 unspecified atom stereocenters. The Morgan fingerprint density at radius 2 is 2.00 bits per heavy atom. The van der Waals surface area contributed by atoms with E-state index in [4.69, 9.17) is 5.41 Å². The summed E-state index contributed by atoms with van der Waals surface area (Å²) < 4.78 is 0. The predicted molar refractivity (Wildman–Crippen MR) is 65.5 cm³/mol. The smallest absolute Gasteiger partial charge is 0.0955 e. The molecule has 88 valence electrons. The van der Waals surface area contributed by atoms with Crippen LogP contribution in [0, 0.1) is 11.3 Å². The lowest BCUT2D eigenvalue weighted by Gasteiger charge is -2.32. The molecule has 0 bridgehead atoms. The maximum Gasteiger partial charge on any atom is 0.0955 e. The topological polar surface area (TPSA) is 30.3 Å². The second-order valence-electron chi connectivity index (χ2n) is 4.82. The van der Waals surface area contributed by atoms with Gasteiger partial charge in [-0.2, -0.15) is 0 Å². The monoisotopic (exact) mass is 211 g/mol. The van der Waals surface area contributed by atoms with Gasteiger partial charge in [0.15, 0.2) is 0 Å². The van der Waals surface area contributed by atoms with Gasteiger partial charge in [0.05, 0.1) is 5.84 Å². The van der Waals surface area contributed by atoms with Crippen molar-refractivity contribution in [2.24, 2.45) is 5.92 Å². The van der Waals surface area contributed by atoms with Crippen molar-refractivity contribution in [1.82, 2.24) is 9.80 Å². The van der Waals surface area contributed by atoms with Gasteiger partial charge in [-0.3, -0.25) is 5.41 Å². The predicted octanol–water partition coefficient (Wildman–Crippen LogP) is 2.04. The van der Waals surface area contributed by atoms with E-state index in [1.165, 1.54) is 25.9 Å². The molecule has 1 saturated heterocycles. The van der Waals surface area contributed by atoms with Crippen molar-refractivity contribution in [1.29, 1.82) is 5.41 Å². The third-order valence-electron chi connectivity index (χ3n) is 3.32. The first-order chi connectivity index (χ1) is 7.13. The average Bonchev–Trinajstić information content (AvgIpc) is 2.22. The molecule has 1 N–H and O–H groups in total. The number of likely N-dealkylation sites (tertiary alicyclic amines) is 1. The minimum absolute atomic E-state index is 0.795. The van der Waals surface area contributed by atoms with E-state index in [-0.39, 0.29) is 0 Å². The summed E-state index contributed by atoms with van der Waals surface area (Å²) in [5, 5.41) is 7.87. The summed E-state index contributed by atoms with van der Waals surface area (Å²) in [6.45, 7) is 5.66. The molecule has 1 aliphatic heterocycles. The zero-order valence-corrected chi connectivity index (χ0v) is 10.4. The van der Waals surface area contributed by atoms with E-state index in [1.54, 1.807) is 0 Å². The molecule has 0 radical (unpaired) electrons. The van der Waals surface area contributed by atoms with Crippen LogP contribution < -0.4 is 0 Å². The molecule has 15 heavy (non-hydrogen) atoms. The highest BCUT2D eigenvalue weighted by Crippen LogP contribution is 2.17. The van der Waals surface area contributed by atoms with Crippen LogP contribution in [0.25, 0.3) is 0 Å². The van der Waals surface area contributed by atoms with Crippen LogP contribution in [-0.2, 0) is 0 Å². The number of nitrogens with one attached hydrogen (secondary N) is 1. The van der Waals surface area contributed by atoms with Crippen molar-refractivity contribution in [3.8, 4) is 0 Å². The molecule has 3 heteroatoms. The molecule has 1 aliphatic rings. The molecular formula is C12H25N3. The Labute approximate surface area is 94.0 Å². The van der Waals surface area contributed by atoms with Gasteiger partial charge in [-0.05, 0) is 45.3 Å². The maximum absolute atomic E-state index is 7.87. The second-order valence-corrected chi connectivity index (χ2v) is 4.82. The van der Waals surface area contributed by atoms with Gasteiger partial charge in [0.2, 0.25) is 0 Å². The zero-order chi connectivity index (χ0) is 11.3. The van der Waals surface area contributed by atoms with Crippen molar-refractivity contribution in [2.75, 3.05) is 33.7 Å². The van der Waals surface area contributed by atoms with Gasteiger partial charge in [-0.1, -0.05) is 6.92 Å². The number of hydrogen-bond acceptors (Lipinski definition) is 2. The van der Waals surface area contributed by atoms with Crippen LogP contribution in [0.3, 0.4) is 0 Å². The maximum atomic E-state index is 7.87. The van der Waals surface area contributed by atoms with Crippen molar-refractivity contribution in [3.05, 3.63) is 0 Å². The van der Waals surface area contributed by atoms with Crippen LogP contribution in [0.4, 0.5) is 0 Å². The molecule has 1 rings (SSSR count). The van der Waals surface area contributed by atoms with Crippen molar-refractivity contribution >= 4 is 5.84 Å². The first-order valence-corrected chi connectivity index (χ1v) is 6.10. The zero-order valence-electron chi connectivity index (χ0n) is 10.4. The van der Waals surface area contributed by atoms with E-state index in [0.717, 1.165) is 31.1 Å². The molecule has 3 nitrogen and oxygen atoms in total. The van der Waals surface area contributed by atoms with Gasteiger partial charge in [-0.15, -0.1) is 0 Å². The minimum Gasteiger partial charge on any atom is -0.363 e. The third-order valence-corrected chi connectivity index (χ3v) is 3.32. The highest BCUT2D eigenvalue weighted by atomic mass is 15.1. The van der Waals surface area contributed by atoms with Gasteiger partial charge in [-0.25, -0.2) is 0 Å². The highest BCUT2D eigenvalue weighted by molar-refractivity contribution is 5.78. The Morgan fingerprint density at radius 3 is 2.53 bits per heavy atom. The van der Waals surface area contributed by atoms with Crippen LogP contribution >= 0.6 is 0 Å². The standard InChI is InChI=1S/C12H25N3/c1-4-5-12(13)15(3)10-11-6-8-14(2)9-7-11/h11,13H,4-10H2,1-3H3. The summed E-state index contributed by atoms with van der Waals surface area (Å²) in [6, 6.07) is 0. The van der Waals surface area contributed by atoms with Crippen LogP contribution in [0.15, 0.2) is 0 Å². The van der Waals surface area contributed by atoms with E-state index in [1.807, 2.05) is 0 Å². The van der Waals surface area contributed by atoms with Crippen molar-refractivity contribution in [2.45, 2.75) is 32.6 Å². The van der Waals surface area contributed by atoms with Gasteiger partial charge >= 0.3 is 0 Å². The van der Waals surface area contributed by atoms with Gasteiger partial charge < -0.3 is 9.80 Å². The van der Waals surface area contributed by atoms with Crippen LogP contribution in [-0.4, -0.2) is 49.4 Å². The molecule has 0 aromatic rings. The molecule has 0 aliphatic carbocycles. The van der Waals surface area contributed by atoms with Gasteiger partial charge in [0.1, 0.15) is 0 Å². The van der Waals surface area contributed by atoms with E-state index >= 15 is 0 Å². The number of hydrogen-bond donors (Lipinski definition) is 1. The minimum atomic E-state index is 0.795. The van der Waals surface area contributed by atoms with E-state index in [0.29, 0.717) is 0 Å². The average molecular weight is 211 g/mol. The lowest BCUT2D eigenvalue weighted by atomic mass is 9.96. The molecule has 0 atom stereocenters. The Balaban J connectivity index is 2.25. The van der Waals surface area contributed by atoms with E-state index in [2.05, 4.69) is 30.8 Å². The van der Waals surface area contributed by atoms with Gasteiger partial charge in [0.25, 0.3) is 0 Å². The number of nitrogens with zero attached hydrogens (tertiary/aromatic N) is 2. The summed E-state index contributed by atoms with van der Waals surface area (Å²) in [4.78, 5) is 4.54. The Kier molecular flexibility index (Phi) is 5.09. The van der Waals surface area contributed by atoms with E-state index in [9.17, 15) is 0 Å². The largest absolute Gasteiger partial charge is 0.363 e. The van der Waals surface area contributed by atoms with Crippen LogP contribution in [0.2, 0.25) is 0 Å². The fourth-order valence-electron chi connectivity index (χ4n) is 2.17. The number of rotatable bonds is 4. The molecule has 0 saturated carbocycles. The summed E-state index contributed by atoms with van der Waals surface area (Å²) in [7, 11) is 4.26. The normalized spacial score (nSPS) is 19.1. The Hall–Kier alpha value is -0.570. The van der Waals surface area contributed by atoms with Gasteiger partial charge in [0, 0.05) is 20.0 Å². The molecule has 1 fully saturated rings. The first kappa shape index (κ1) is 12.5. The van der Waals surface area contributed by atoms with Crippen LogP contribution in [0.1, 0.15) is 32.6 Å². The number of piperidine rings is 1. The Bertz CT molecular complexity index is 195. The van der Waals surface area contributed by atoms with E-state index < -0.39 is 0 Å². The molecule has 0 amide bonds. The molecular weight excluding hydrogens is 186 g/mol. The number of amidine groups is 1. The summed E-state index contributed by atoms with van der Waals surface area (Å²) >= 11 is 0. The van der Waals surface area contributed by atoms with Crippen molar-refractivity contribution < 1.29 is 0 Å². The summed E-state index contributed by atoms with van der Waals surface area (Å²) in [5.41, 5.74) is 0. The molecule has 0 spiro atoms. The Morgan fingerprint density at radius 1 is 1.40 bits per heavy atom. The molecule has 0 aromatic heterocycles. The quantitative estimate of drug-likeness (QED) is 0.570. The lowest BCUT2D eigenvalue weighted by Crippen LogP contribution is -2.37. The highest BCUT2D eigenvalue weighted by Gasteiger charge is 2.18. The summed E-state index contributed by atoms with van der Waals surface area (Å²) in [6.07, 6.45) is 4.58. The summed E-state index contributed by atoms with van der Waals surface area (Å²) in [5.74, 6) is 1.60. The second kappa shape index (κ2) is 6.11. The fraction of sp³-hybridized carbons (Fsp3) is 0.917. The first-order valence-electron chi connectivity index (χ1n) is 6.10. The lowest BCUT2D eigenvalue weighted by molar-refractivity contribution is 0.199. The third kappa shape index (κ3) is 4.20. The van der Waals surface area contributed by atoms with Crippen molar-refractivity contribution in [3.63, 3.8) is 0 Å². The SMILES string of the molecule is CCCC(=N)N(C)CC1CCN(C)CC1. The van der Waals surface area contributed by atoms with Crippen LogP contribution in [0.5, 0.6) is 0 Å². The molecule has 1 heterocycles.